The Hall–Kier alpha value is -3.33. The van der Waals surface area contributed by atoms with Gasteiger partial charge in [0.05, 0.1) is 11.9 Å². The van der Waals surface area contributed by atoms with E-state index in [2.05, 4.69) is 20.9 Å². The number of amides is 3. The predicted molar refractivity (Wildman–Crippen MR) is 122 cm³/mol. The molecule has 2 saturated heterocycles. The third-order valence-corrected chi connectivity index (χ3v) is 6.00. The van der Waals surface area contributed by atoms with Gasteiger partial charge in [0.1, 0.15) is 0 Å². The zero-order chi connectivity index (χ0) is 23.4. The molecule has 9 nitrogen and oxygen atoms in total. The van der Waals surface area contributed by atoms with Crippen molar-refractivity contribution in [2.45, 2.75) is 33.1 Å². The quantitative estimate of drug-likeness (QED) is 0.645. The average molecular weight is 452 g/mol. The Morgan fingerprint density at radius 1 is 1.03 bits per heavy atom. The first-order chi connectivity index (χ1) is 15.8. The zero-order valence-corrected chi connectivity index (χ0v) is 19.1. The highest BCUT2D eigenvalue weighted by atomic mass is 16.6. The smallest absolute Gasteiger partial charge is 0.391 e. The molecule has 0 atom stereocenters. The van der Waals surface area contributed by atoms with Gasteiger partial charge in [-0.3, -0.25) is 19.5 Å². The second-order valence-corrected chi connectivity index (χ2v) is 9.30. The van der Waals surface area contributed by atoms with Gasteiger partial charge in [-0.25, -0.2) is 14.7 Å². The van der Waals surface area contributed by atoms with Gasteiger partial charge in [-0.2, -0.15) is 0 Å². The summed E-state index contributed by atoms with van der Waals surface area (Å²) in [6.07, 6.45) is 6.11. The molecule has 4 rings (SSSR count). The minimum Gasteiger partial charge on any atom is -0.391 e. The molecule has 9 heteroatoms. The van der Waals surface area contributed by atoms with Crippen LogP contribution in [0.15, 0.2) is 42.9 Å². The highest BCUT2D eigenvalue weighted by Crippen LogP contribution is 2.34. The molecule has 0 aromatic carbocycles. The second-order valence-electron chi connectivity index (χ2n) is 9.30. The van der Waals surface area contributed by atoms with E-state index < -0.39 is 6.09 Å². The Kier molecular flexibility index (Phi) is 6.69. The van der Waals surface area contributed by atoms with Gasteiger partial charge in [0.25, 0.3) is 0 Å². The fourth-order valence-electron chi connectivity index (χ4n) is 4.17. The Morgan fingerprint density at radius 3 is 2.36 bits per heavy atom. The van der Waals surface area contributed by atoms with Crippen LogP contribution in [0.4, 0.5) is 10.5 Å². The van der Waals surface area contributed by atoms with Crippen LogP contribution >= 0.6 is 0 Å². The number of ether oxygens (including phenoxy) is 1. The molecule has 33 heavy (non-hydrogen) atoms. The van der Waals surface area contributed by atoms with Crippen molar-refractivity contribution in [3.05, 3.63) is 48.4 Å². The van der Waals surface area contributed by atoms with Gasteiger partial charge in [0.2, 0.25) is 17.7 Å². The molecule has 0 saturated carbocycles. The Morgan fingerprint density at radius 2 is 1.76 bits per heavy atom. The molecule has 0 radical (unpaired) electrons. The molecule has 2 aliphatic rings. The maximum absolute atomic E-state index is 12.5. The van der Waals surface area contributed by atoms with E-state index in [1.807, 2.05) is 26.1 Å². The average Bonchev–Trinajstić information content (AvgIpc) is 2.78. The zero-order valence-electron chi connectivity index (χ0n) is 19.1. The van der Waals surface area contributed by atoms with Gasteiger partial charge in [0.15, 0.2) is 0 Å². The standard InChI is InChI=1S/C24H29N5O4/c1-24(2)14-21(30)29(22(31)15-24)19-5-6-20(26-17-19)33-23(32)28-12-10-27(11-13-28)9-7-18-4-3-8-25-16-18/h3-6,8,16-17H,7,9-15H2,1-2H3. The van der Waals surface area contributed by atoms with Crippen molar-refractivity contribution in [1.82, 2.24) is 19.8 Å². The molecule has 2 fully saturated rings. The van der Waals surface area contributed by atoms with E-state index in [-0.39, 0.29) is 23.1 Å². The van der Waals surface area contributed by atoms with Crippen LogP contribution in [0, 0.1) is 5.41 Å². The molecular weight excluding hydrogens is 422 g/mol. The third kappa shape index (κ3) is 5.73. The van der Waals surface area contributed by atoms with Crippen molar-refractivity contribution in [2.75, 3.05) is 37.6 Å². The monoisotopic (exact) mass is 451 g/mol. The Labute approximate surface area is 193 Å². The molecular formula is C24H29N5O4. The summed E-state index contributed by atoms with van der Waals surface area (Å²) in [5.74, 6) is -0.353. The van der Waals surface area contributed by atoms with E-state index >= 15 is 0 Å². The number of rotatable bonds is 5. The van der Waals surface area contributed by atoms with Crippen molar-refractivity contribution < 1.29 is 19.1 Å². The fraction of sp³-hybridized carbons (Fsp3) is 0.458. The molecule has 2 aromatic heterocycles. The molecule has 2 aromatic rings. The number of carbonyl (C=O) groups excluding carboxylic acids is 3. The Balaban J connectivity index is 1.26. The predicted octanol–water partition coefficient (Wildman–Crippen LogP) is 2.52. The number of carbonyl (C=O) groups is 3. The second kappa shape index (κ2) is 9.66. The van der Waals surface area contributed by atoms with Crippen LogP contribution < -0.4 is 9.64 Å². The largest absolute Gasteiger partial charge is 0.416 e. The lowest BCUT2D eigenvalue weighted by atomic mass is 9.81. The number of piperazine rings is 1. The van der Waals surface area contributed by atoms with Crippen LogP contribution in [0.1, 0.15) is 32.3 Å². The maximum Gasteiger partial charge on any atom is 0.416 e. The lowest BCUT2D eigenvalue weighted by Crippen LogP contribution is -2.50. The van der Waals surface area contributed by atoms with E-state index in [1.54, 1.807) is 17.2 Å². The first-order valence-electron chi connectivity index (χ1n) is 11.2. The molecule has 0 aliphatic carbocycles. The molecule has 0 N–H and O–H groups in total. The van der Waals surface area contributed by atoms with Crippen molar-refractivity contribution in [3.63, 3.8) is 0 Å². The van der Waals surface area contributed by atoms with Crippen LogP contribution in [-0.4, -0.2) is 70.4 Å². The van der Waals surface area contributed by atoms with Gasteiger partial charge in [-0.05, 0) is 29.5 Å². The number of imide groups is 1. The topological polar surface area (TPSA) is 95.9 Å². The Bertz CT molecular complexity index is 981. The van der Waals surface area contributed by atoms with Crippen LogP contribution in [0.5, 0.6) is 5.88 Å². The minimum absolute atomic E-state index is 0.139. The summed E-state index contributed by atoms with van der Waals surface area (Å²) in [6, 6.07) is 7.10. The highest BCUT2D eigenvalue weighted by molar-refractivity contribution is 6.16. The molecule has 0 unspecified atom stereocenters. The number of aromatic nitrogens is 2. The summed E-state index contributed by atoms with van der Waals surface area (Å²) >= 11 is 0. The number of anilines is 1. The summed E-state index contributed by atoms with van der Waals surface area (Å²) in [4.78, 5) is 50.8. The first-order valence-corrected chi connectivity index (χ1v) is 11.2. The lowest BCUT2D eigenvalue weighted by Gasteiger charge is -2.34. The van der Waals surface area contributed by atoms with E-state index in [4.69, 9.17) is 4.74 Å². The van der Waals surface area contributed by atoms with Crippen LogP contribution in [0.2, 0.25) is 0 Å². The van der Waals surface area contributed by atoms with Gasteiger partial charge in [0, 0.05) is 64.0 Å². The lowest BCUT2D eigenvalue weighted by molar-refractivity contribution is -0.132. The highest BCUT2D eigenvalue weighted by Gasteiger charge is 2.38. The van der Waals surface area contributed by atoms with E-state index in [0.29, 0.717) is 31.6 Å². The van der Waals surface area contributed by atoms with Crippen molar-refractivity contribution in [3.8, 4) is 5.88 Å². The van der Waals surface area contributed by atoms with E-state index in [9.17, 15) is 14.4 Å². The minimum atomic E-state index is -0.450. The molecule has 0 spiro atoms. The van der Waals surface area contributed by atoms with Crippen LogP contribution in [0.25, 0.3) is 0 Å². The maximum atomic E-state index is 12.5. The number of pyridine rings is 2. The number of hydrogen-bond donors (Lipinski definition) is 0. The van der Waals surface area contributed by atoms with Crippen molar-refractivity contribution in [2.24, 2.45) is 5.41 Å². The summed E-state index contributed by atoms with van der Waals surface area (Å²) in [6.45, 7) is 7.44. The summed E-state index contributed by atoms with van der Waals surface area (Å²) < 4.78 is 5.41. The van der Waals surface area contributed by atoms with Gasteiger partial charge in [-0.15, -0.1) is 0 Å². The van der Waals surface area contributed by atoms with Gasteiger partial charge in [-0.1, -0.05) is 19.9 Å². The van der Waals surface area contributed by atoms with E-state index in [1.165, 1.54) is 17.8 Å². The fourth-order valence-corrected chi connectivity index (χ4v) is 4.17. The summed E-state index contributed by atoms with van der Waals surface area (Å²) in [7, 11) is 0. The van der Waals surface area contributed by atoms with E-state index in [0.717, 1.165) is 31.0 Å². The normalized spacial score (nSPS) is 19.0. The SMILES string of the molecule is CC1(C)CC(=O)N(c2ccc(OC(=O)N3CCN(CCc4cccnc4)CC3)nc2)C(=O)C1. The molecule has 0 bridgehead atoms. The molecule has 2 aliphatic heterocycles. The first kappa shape index (κ1) is 22.8. The molecule has 3 amide bonds. The number of piperidine rings is 1. The van der Waals surface area contributed by atoms with Crippen LogP contribution in [-0.2, 0) is 16.0 Å². The van der Waals surface area contributed by atoms with Crippen molar-refractivity contribution >= 4 is 23.6 Å². The third-order valence-electron chi connectivity index (χ3n) is 6.00. The van der Waals surface area contributed by atoms with Gasteiger partial charge < -0.3 is 9.64 Å². The van der Waals surface area contributed by atoms with Crippen LogP contribution in [0.3, 0.4) is 0 Å². The van der Waals surface area contributed by atoms with Gasteiger partial charge >= 0.3 is 6.09 Å². The van der Waals surface area contributed by atoms with Crippen molar-refractivity contribution in [1.29, 1.82) is 0 Å². The number of nitrogens with zero attached hydrogens (tertiary/aromatic N) is 5. The summed E-state index contributed by atoms with van der Waals surface area (Å²) in [5.41, 5.74) is 1.25. The number of hydrogen-bond acceptors (Lipinski definition) is 7. The summed E-state index contributed by atoms with van der Waals surface area (Å²) in [5, 5.41) is 0. The molecule has 174 valence electrons. The molecule has 4 heterocycles.